The molecule has 2 nitrogen and oxygen atoms in total. The Hall–Kier alpha value is -1.35. The Bertz CT molecular complexity index is 816. The van der Waals surface area contributed by atoms with Gasteiger partial charge in [0.15, 0.2) is 5.82 Å². The third kappa shape index (κ3) is 2.35. The first-order chi connectivity index (χ1) is 9.56. The van der Waals surface area contributed by atoms with Crippen LogP contribution in [0.15, 0.2) is 36.4 Å². The van der Waals surface area contributed by atoms with Gasteiger partial charge in [0.1, 0.15) is 5.15 Å². The lowest BCUT2D eigenvalue weighted by atomic mass is 10.1. The Kier molecular flexibility index (Phi) is 3.55. The van der Waals surface area contributed by atoms with Crippen molar-refractivity contribution in [3.8, 4) is 11.4 Å². The van der Waals surface area contributed by atoms with Crippen molar-refractivity contribution in [3.63, 3.8) is 0 Å². The quantitative estimate of drug-likeness (QED) is 0.547. The van der Waals surface area contributed by atoms with E-state index < -0.39 is 0 Å². The highest BCUT2D eigenvalue weighted by atomic mass is 35.5. The van der Waals surface area contributed by atoms with Gasteiger partial charge in [0, 0.05) is 10.6 Å². The fourth-order valence-electron chi connectivity index (χ4n) is 2.10. The van der Waals surface area contributed by atoms with Crippen LogP contribution in [-0.2, 0) is 0 Å². The van der Waals surface area contributed by atoms with E-state index >= 15 is 0 Å². The molecule has 0 spiro atoms. The van der Waals surface area contributed by atoms with Gasteiger partial charge in [-0.3, -0.25) is 0 Å². The molecule has 0 radical (unpaired) electrons. The minimum absolute atomic E-state index is 0.352. The third-order valence-corrected chi connectivity index (χ3v) is 3.88. The van der Waals surface area contributed by atoms with Crippen LogP contribution in [0, 0.1) is 6.92 Å². The number of aromatic nitrogens is 2. The number of hydrogen-bond donors (Lipinski definition) is 0. The second-order valence-electron chi connectivity index (χ2n) is 4.43. The van der Waals surface area contributed by atoms with Gasteiger partial charge in [-0.2, -0.15) is 0 Å². The van der Waals surface area contributed by atoms with Crippen LogP contribution in [0.25, 0.3) is 22.3 Å². The molecule has 1 aromatic heterocycles. The standard InChI is InChI=1S/C15H9Cl3N2/c1-8-7-9(16)5-6-10(8)15-19-12-4-2-3-11(17)13(12)14(18)20-15/h2-7H,1H3. The second-order valence-corrected chi connectivity index (χ2v) is 5.63. The van der Waals surface area contributed by atoms with E-state index in [9.17, 15) is 0 Å². The van der Waals surface area contributed by atoms with Crippen molar-refractivity contribution >= 4 is 45.7 Å². The van der Waals surface area contributed by atoms with Gasteiger partial charge in [-0.25, -0.2) is 9.97 Å². The molecule has 0 aliphatic heterocycles. The molecular formula is C15H9Cl3N2. The van der Waals surface area contributed by atoms with Gasteiger partial charge < -0.3 is 0 Å². The number of fused-ring (bicyclic) bond motifs is 1. The zero-order valence-corrected chi connectivity index (χ0v) is 12.8. The Morgan fingerprint density at radius 1 is 0.950 bits per heavy atom. The minimum Gasteiger partial charge on any atom is -0.228 e. The summed E-state index contributed by atoms with van der Waals surface area (Å²) < 4.78 is 0. The van der Waals surface area contributed by atoms with Gasteiger partial charge in [-0.15, -0.1) is 0 Å². The van der Waals surface area contributed by atoms with Gasteiger partial charge in [0.05, 0.1) is 15.9 Å². The maximum atomic E-state index is 6.24. The molecule has 0 fully saturated rings. The summed E-state index contributed by atoms with van der Waals surface area (Å²) in [5.41, 5.74) is 2.62. The van der Waals surface area contributed by atoms with Crippen molar-refractivity contribution in [2.24, 2.45) is 0 Å². The van der Waals surface area contributed by atoms with Crippen LogP contribution in [0.4, 0.5) is 0 Å². The summed E-state index contributed by atoms with van der Waals surface area (Å²) >= 11 is 18.3. The fraction of sp³-hybridized carbons (Fsp3) is 0.0667. The molecule has 20 heavy (non-hydrogen) atoms. The fourth-order valence-corrected chi connectivity index (χ4v) is 2.91. The first kappa shape index (κ1) is 13.6. The Morgan fingerprint density at radius 3 is 2.50 bits per heavy atom. The highest BCUT2D eigenvalue weighted by Crippen LogP contribution is 2.31. The normalized spacial score (nSPS) is 11.0. The van der Waals surface area contributed by atoms with Crippen molar-refractivity contribution in [3.05, 3.63) is 57.2 Å². The molecule has 0 unspecified atom stereocenters. The number of nitrogens with zero attached hydrogens (tertiary/aromatic N) is 2. The highest BCUT2D eigenvalue weighted by molar-refractivity contribution is 6.41. The first-order valence-electron chi connectivity index (χ1n) is 5.94. The summed E-state index contributed by atoms with van der Waals surface area (Å²) in [4.78, 5) is 8.88. The van der Waals surface area contributed by atoms with Crippen LogP contribution in [0.3, 0.4) is 0 Å². The van der Waals surface area contributed by atoms with Crippen LogP contribution in [0.1, 0.15) is 5.56 Å². The van der Waals surface area contributed by atoms with Gasteiger partial charge in [0.2, 0.25) is 0 Å². The van der Waals surface area contributed by atoms with Crippen LogP contribution < -0.4 is 0 Å². The van der Waals surface area contributed by atoms with Gasteiger partial charge >= 0.3 is 0 Å². The summed E-state index contributed by atoms with van der Waals surface area (Å²) in [7, 11) is 0. The van der Waals surface area contributed by atoms with Crippen molar-refractivity contribution < 1.29 is 0 Å². The Balaban J connectivity index is 2.28. The molecule has 0 bridgehead atoms. The number of hydrogen-bond acceptors (Lipinski definition) is 2. The molecule has 100 valence electrons. The maximum Gasteiger partial charge on any atom is 0.161 e. The molecule has 0 saturated carbocycles. The van der Waals surface area contributed by atoms with Crippen LogP contribution in [0.2, 0.25) is 15.2 Å². The van der Waals surface area contributed by atoms with Gasteiger partial charge in [-0.05, 0) is 42.8 Å². The van der Waals surface area contributed by atoms with Crippen molar-refractivity contribution in [2.75, 3.05) is 0 Å². The molecule has 3 aromatic rings. The maximum absolute atomic E-state index is 6.24. The molecule has 1 heterocycles. The average Bonchev–Trinajstić information content (AvgIpc) is 2.38. The van der Waals surface area contributed by atoms with Crippen LogP contribution in [-0.4, -0.2) is 9.97 Å². The van der Waals surface area contributed by atoms with Crippen molar-refractivity contribution in [1.82, 2.24) is 9.97 Å². The lowest BCUT2D eigenvalue weighted by molar-refractivity contribution is 1.21. The molecule has 0 aliphatic rings. The van der Waals surface area contributed by atoms with Gasteiger partial charge in [0.25, 0.3) is 0 Å². The van der Waals surface area contributed by atoms with E-state index in [4.69, 9.17) is 34.8 Å². The van der Waals surface area contributed by atoms with E-state index in [1.807, 2.05) is 37.3 Å². The predicted octanol–water partition coefficient (Wildman–Crippen LogP) is 5.57. The third-order valence-electron chi connectivity index (χ3n) is 3.06. The molecule has 3 rings (SSSR count). The van der Waals surface area contributed by atoms with Crippen LogP contribution in [0.5, 0.6) is 0 Å². The Morgan fingerprint density at radius 2 is 1.75 bits per heavy atom. The van der Waals surface area contributed by atoms with E-state index in [0.29, 0.717) is 26.4 Å². The minimum atomic E-state index is 0.352. The van der Waals surface area contributed by atoms with Crippen molar-refractivity contribution in [1.29, 1.82) is 0 Å². The number of aryl methyl sites for hydroxylation is 1. The average molecular weight is 324 g/mol. The van der Waals surface area contributed by atoms with E-state index in [-0.39, 0.29) is 0 Å². The van der Waals surface area contributed by atoms with E-state index in [1.54, 1.807) is 6.07 Å². The summed E-state index contributed by atoms with van der Waals surface area (Å²) in [5.74, 6) is 0.568. The predicted molar refractivity (Wildman–Crippen MR) is 84.7 cm³/mol. The molecule has 0 amide bonds. The topological polar surface area (TPSA) is 25.8 Å². The first-order valence-corrected chi connectivity index (χ1v) is 7.08. The van der Waals surface area contributed by atoms with E-state index in [1.165, 1.54) is 0 Å². The number of rotatable bonds is 1. The molecular weight excluding hydrogens is 315 g/mol. The molecule has 0 N–H and O–H groups in total. The largest absolute Gasteiger partial charge is 0.228 e. The monoisotopic (exact) mass is 322 g/mol. The molecule has 2 aromatic carbocycles. The molecule has 5 heteroatoms. The number of benzene rings is 2. The summed E-state index contributed by atoms with van der Waals surface area (Å²) in [6.07, 6.45) is 0. The summed E-state index contributed by atoms with van der Waals surface area (Å²) in [6.45, 7) is 1.96. The summed E-state index contributed by atoms with van der Waals surface area (Å²) in [6, 6.07) is 11.0. The lowest BCUT2D eigenvalue weighted by Gasteiger charge is -2.08. The number of halogens is 3. The second kappa shape index (κ2) is 5.21. The smallest absolute Gasteiger partial charge is 0.161 e. The van der Waals surface area contributed by atoms with Crippen molar-refractivity contribution in [2.45, 2.75) is 6.92 Å². The zero-order valence-electron chi connectivity index (χ0n) is 10.5. The zero-order chi connectivity index (χ0) is 14.3. The molecule has 0 saturated heterocycles. The lowest BCUT2D eigenvalue weighted by Crippen LogP contribution is -1.94. The van der Waals surface area contributed by atoms with Gasteiger partial charge in [-0.1, -0.05) is 40.9 Å². The van der Waals surface area contributed by atoms with E-state index in [2.05, 4.69) is 9.97 Å². The van der Waals surface area contributed by atoms with Crippen LogP contribution >= 0.6 is 34.8 Å². The highest BCUT2D eigenvalue weighted by Gasteiger charge is 2.12. The summed E-state index contributed by atoms with van der Waals surface area (Å²) in [5, 5.41) is 2.25. The Labute approximate surface area is 131 Å². The SMILES string of the molecule is Cc1cc(Cl)ccc1-c1nc(Cl)c2c(Cl)cccc2n1. The molecule has 0 atom stereocenters. The van der Waals surface area contributed by atoms with E-state index in [0.717, 1.165) is 16.6 Å². The molecule has 0 aliphatic carbocycles.